The molecule has 1 atom stereocenters. The van der Waals surface area contributed by atoms with Gasteiger partial charge in [0, 0.05) is 5.69 Å². The van der Waals surface area contributed by atoms with Crippen molar-refractivity contribution in [2.45, 2.75) is 39.2 Å². The third-order valence-electron chi connectivity index (χ3n) is 2.97. The van der Waals surface area contributed by atoms with Gasteiger partial charge < -0.3 is 4.74 Å². The molecule has 1 N–H and O–H groups in total. The molecule has 1 aromatic rings. The Hall–Kier alpha value is -2.03. The molecular formula is C17H23NO2. The highest BCUT2D eigenvalue weighted by molar-refractivity contribution is 5.84. The smallest absolute Gasteiger partial charge is 0.412 e. The van der Waals surface area contributed by atoms with E-state index in [1.54, 1.807) is 6.08 Å². The molecule has 0 aliphatic rings. The first-order valence-electron chi connectivity index (χ1n) is 6.77. The predicted octanol–water partition coefficient (Wildman–Crippen LogP) is 4.93. The number of rotatable bonds is 6. The Morgan fingerprint density at radius 1 is 1.35 bits per heavy atom. The van der Waals surface area contributed by atoms with Crippen LogP contribution in [0.1, 0.15) is 33.6 Å². The van der Waals surface area contributed by atoms with Crippen LogP contribution in [0.25, 0.3) is 0 Å². The van der Waals surface area contributed by atoms with Crippen LogP contribution in [0, 0.1) is 0 Å². The molecule has 0 unspecified atom stereocenters. The van der Waals surface area contributed by atoms with Crippen molar-refractivity contribution in [3.8, 4) is 0 Å². The maximum atomic E-state index is 11.9. The van der Waals surface area contributed by atoms with E-state index in [0.717, 1.165) is 6.42 Å². The van der Waals surface area contributed by atoms with Crippen molar-refractivity contribution < 1.29 is 9.53 Å². The van der Waals surface area contributed by atoms with E-state index in [4.69, 9.17) is 4.74 Å². The Morgan fingerprint density at radius 2 is 2.00 bits per heavy atom. The zero-order valence-corrected chi connectivity index (χ0v) is 12.5. The topological polar surface area (TPSA) is 38.3 Å². The van der Waals surface area contributed by atoms with Gasteiger partial charge in [-0.05, 0) is 51.8 Å². The molecule has 3 heteroatoms. The number of carbonyl (C=O) groups is 1. The van der Waals surface area contributed by atoms with Crippen LogP contribution < -0.4 is 5.32 Å². The Balaban J connectivity index is 2.56. The molecule has 0 bridgehead atoms. The number of nitrogens with one attached hydrogen (secondary N) is 1. The summed E-state index contributed by atoms with van der Waals surface area (Å²) in [6, 6.07) is 9.24. The Kier molecular flexibility index (Phi) is 6.04. The molecule has 0 spiro atoms. The number of amides is 1. The number of hydrogen-bond donors (Lipinski definition) is 1. The van der Waals surface area contributed by atoms with E-state index < -0.39 is 11.7 Å². The van der Waals surface area contributed by atoms with Crippen LogP contribution in [0.15, 0.2) is 54.6 Å². The Bertz CT molecular complexity index is 475. The number of carbonyl (C=O) groups excluding carboxylic acids is 1. The molecule has 0 heterocycles. The quantitative estimate of drug-likeness (QED) is 0.746. The van der Waals surface area contributed by atoms with Gasteiger partial charge in [0.2, 0.25) is 0 Å². The van der Waals surface area contributed by atoms with E-state index in [9.17, 15) is 4.79 Å². The van der Waals surface area contributed by atoms with Gasteiger partial charge in [-0.2, -0.15) is 0 Å². The van der Waals surface area contributed by atoms with Crippen LogP contribution >= 0.6 is 0 Å². The summed E-state index contributed by atoms with van der Waals surface area (Å²) in [6.07, 6.45) is 4.90. The molecule has 0 aromatic heterocycles. The summed E-state index contributed by atoms with van der Waals surface area (Å²) in [6.45, 7) is 9.73. The first kappa shape index (κ1) is 16.0. The summed E-state index contributed by atoms with van der Waals surface area (Å²) < 4.78 is 5.48. The van der Waals surface area contributed by atoms with Gasteiger partial charge in [0.1, 0.15) is 5.60 Å². The fraction of sp³-hybridized carbons (Fsp3) is 0.353. The Morgan fingerprint density at radius 3 is 2.55 bits per heavy atom. The lowest BCUT2D eigenvalue weighted by molar-refractivity contribution is 0.0654. The molecule has 1 amide bonds. The summed E-state index contributed by atoms with van der Waals surface area (Å²) in [5, 5.41) is 2.71. The zero-order chi connectivity index (χ0) is 15.0. The van der Waals surface area contributed by atoms with Crippen molar-refractivity contribution in [1.29, 1.82) is 0 Å². The SMILES string of the molecule is C=C[C@](C)(CCC=C(C)C)OC(=O)Nc1ccccc1. The molecule has 0 saturated heterocycles. The van der Waals surface area contributed by atoms with Crippen molar-refractivity contribution in [1.82, 2.24) is 0 Å². The second-order valence-corrected chi connectivity index (χ2v) is 5.22. The minimum atomic E-state index is -0.662. The molecule has 3 nitrogen and oxygen atoms in total. The molecule has 0 saturated carbocycles. The zero-order valence-electron chi connectivity index (χ0n) is 12.5. The van der Waals surface area contributed by atoms with Crippen LogP contribution in [0.4, 0.5) is 10.5 Å². The highest BCUT2D eigenvalue weighted by Gasteiger charge is 2.24. The highest BCUT2D eigenvalue weighted by Crippen LogP contribution is 2.21. The molecule has 0 aliphatic carbocycles. The van der Waals surface area contributed by atoms with Crippen LogP contribution in [0.5, 0.6) is 0 Å². The fourth-order valence-electron chi connectivity index (χ4n) is 1.72. The van der Waals surface area contributed by atoms with Gasteiger partial charge in [0.15, 0.2) is 0 Å². The van der Waals surface area contributed by atoms with E-state index in [-0.39, 0.29) is 0 Å². The minimum absolute atomic E-state index is 0.462. The van der Waals surface area contributed by atoms with Crippen LogP contribution in [0.2, 0.25) is 0 Å². The maximum Gasteiger partial charge on any atom is 0.412 e. The molecule has 20 heavy (non-hydrogen) atoms. The first-order chi connectivity index (χ1) is 9.45. The lowest BCUT2D eigenvalue weighted by atomic mass is 9.99. The van der Waals surface area contributed by atoms with E-state index in [1.807, 2.05) is 51.1 Å². The third kappa shape index (κ3) is 5.74. The van der Waals surface area contributed by atoms with Crippen molar-refractivity contribution in [2.75, 3.05) is 5.32 Å². The average molecular weight is 273 g/mol. The molecule has 1 aromatic carbocycles. The number of ether oxygens (including phenoxy) is 1. The Labute approximate surface area is 121 Å². The summed E-state index contributed by atoms with van der Waals surface area (Å²) in [5.74, 6) is 0. The van der Waals surface area contributed by atoms with Crippen LogP contribution in [-0.4, -0.2) is 11.7 Å². The van der Waals surface area contributed by atoms with Crippen molar-refractivity contribution in [2.24, 2.45) is 0 Å². The van der Waals surface area contributed by atoms with Gasteiger partial charge in [-0.1, -0.05) is 36.4 Å². The molecule has 0 aliphatic heterocycles. The first-order valence-corrected chi connectivity index (χ1v) is 6.77. The van der Waals surface area contributed by atoms with E-state index in [2.05, 4.69) is 18.0 Å². The van der Waals surface area contributed by atoms with Gasteiger partial charge >= 0.3 is 6.09 Å². The lowest BCUT2D eigenvalue weighted by Gasteiger charge is -2.25. The summed E-state index contributed by atoms with van der Waals surface area (Å²) >= 11 is 0. The van der Waals surface area contributed by atoms with Gasteiger partial charge in [-0.15, -0.1) is 0 Å². The highest BCUT2D eigenvalue weighted by atomic mass is 16.6. The number of para-hydroxylation sites is 1. The van der Waals surface area contributed by atoms with Gasteiger partial charge in [0.05, 0.1) is 0 Å². The van der Waals surface area contributed by atoms with Crippen molar-refractivity contribution >= 4 is 11.8 Å². The normalized spacial score (nSPS) is 12.9. The second kappa shape index (κ2) is 7.53. The lowest BCUT2D eigenvalue weighted by Crippen LogP contribution is -2.31. The molecule has 0 fully saturated rings. The number of benzene rings is 1. The van der Waals surface area contributed by atoms with E-state index in [0.29, 0.717) is 12.1 Å². The predicted molar refractivity (Wildman–Crippen MR) is 83.8 cm³/mol. The summed E-state index contributed by atoms with van der Waals surface area (Å²) in [7, 11) is 0. The van der Waals surface area contributed by atoms with Crippen LogP contribution in [-0.2, 0) is 4.74 Å². The summed E-state index contributed by atoms with van der Waals surface area (Å²) in [4.78, 5) is 11.9. The van der Waals surface area contributed by atoms with Gasteiger partial charge in [-0.3, -0.25) is 5.32 Å². The minimum Gasteiger partial charge on any atom is -0.439 e. The molecule has 0 radical (unpaired) electrons. The van der Waals surface area contributed by atoms with Crippen molar-refractivity contribution in [3.05, 3.63) is 54.6 Å². The third-order valence-corrected chi connectivity index (χ3v) is 2.97. The van der Waals surface area contributed by atoms with Gasteiger partial charge in [0.25, 0.3) is 0 Å². The molecular weight excluding hydrogens is 250 g/mol. The van der Waals surface area contributed by atoms with Crippen molar-refractivity contribution in [3.63, 3.8) is 0 Å². The van der Waals surface area contributed by atoms with E-state index in [1.165, 1.54) is 5.57 Å². The second-order valence-electron chi connectivity index (χ2n) is 5.22. The molecule has 108 valence electrons. The standard InChI is InChI=1S/C17H23NO2/c1-5-17(4,13-9-10-14(2)3)20-16(19)18-15-11-7-6-8-12-15/h5-8,10-12H,1,9,13H2,2-4H3,(H,18,19)/t17-/m1/s1. The number of allylic oxidation sites excluding steroid dienone is 2. The molecule has 1 rings (SSSR count). The average Bonchev–Trinajstić information content (AvgIpc) is 2.39. The number of hydrogen-bond acceptors (Lipinski definition) is 2. The monoisotopic (exact) mass is 273 g/mol. The van der Waals surface area contributed by atoms with Crippen LogP contribution in [0.3, 0.4) is 0 Å². The van der Waals surface area contributed by atoms with E-state index >= 15 is 0 Å². The van der Waals surface area contributed by atoms with Gasteiger partial charge in [-0.25, -0.2) is 4.79 Å². The fourth-order valence-corrected chi connectivity index (χ4v) is 1.72. The largest absolute Gasteiger partial charge is 0.439 e. The maximum absolute atomic E-state index is 11.9. The summed E-state index contributed by atoms with van der Waals surface area (Å²) in [5.41, 5.74) is 1.31. The number of anilines is 1.